The molecular weight excluding hydrogens is 329 g/mol. The van der Waals surface area contributed by atoms with Crippen LogP contribution in [0.5, 0.6) is 0 Å². The Morgan fingerprint density at radius 1 is 1.08 bits per heavy atom. The summed E-state index contributed by atoms with van der Waals surface area (Å²) in [4.78, 5) is 14.5. The first kappa shape index (κ1) is 17.5. The highest BCUT2D eigenvalue weighted by Gasteiger charge is 2.34. The van der Waals surface area contributed by atoms with Crippen LogP contribution < -0.4 is 5.32 Å². The Morgan fingerprint density at radius 3 is 2.44 bits per heavy atom. The van der Waals surface area contributed by atoms with Gasteiger partial charge in [0.25, 0.3) is 0 Å². The molecule has 0 fully saturated rings. The molecule has 3 nitrogen and oxygen atoms in total. The first-order valence-electron chi connectivity index (χ1n) is 8.14. The third-order valence-electron chi connectivity index (χ3n) is 4.58. The average Bonchev–Trinajstić information content (AvgIpc) is 2.60. The number of hydrogen-bond donors (Lipinski definition) is 1. The van der Waals surface area contributed by atoms with Crippen molar-refractivity contribution < 1.29 is 18.0 Å². The highest BCUT2D eigenvalue weighted by atomic mass is 19.4. The molecule has 0 aromatic heterocycles. The van der Waals surface area contributed by atoms with E-state index in [1.54, 1.807) is 6.92 Å². The topological polar surface area (TPSA) is 32.3 Å². The molecule has 1 amide bonds. The summed E-state index contributed by atoms with van der Waals surface area (Å²) in [6, 6.07) is 12.5. The standard InChI is InChI=1S/C19H19F3N2O/c1-13(24-11-10-14-6-2-3-7-15(14)12-24)18(25)23-17-9-5-4-8-16(17)19(20,21)22/h2-9,13H,10-12H2,1H3,(H,23,25)/t13-/m1/s1. The lowest BCUT2D eigenvalue weighted by atomic mass is 9.98. The molecule has 2 aromatic rings. The summed E-state index contributed by atoms with van der Waals surface area (Å²) >= 11 is 0. The van der Waals surface area contributed by atoms with Crippen molar-refractivity contribution in [3.05, 3.63) is 65.2 Å². The quantitative estimate of drug-likeness (QED) is 0.906. The number of nitrogens with zero attached hydrogens (tertiary/aromatic N) is 1. The second-order valence-corrected chi connectivity index (χ2v) is 6.20. The Morgan fingerprint density at radius 2 is 1.72 bits per heavy atom. The molecule has 1 aliphatic rings. The smallest absolute Gasteiger partial charge is 0.324 e. The Bertz CT molecular complexity index is 773. The Labute approximate surface area is 144 Å². The number of carbonyl (C=O) groups is 1. The molecule has 0 bridgehead atoms. The van der Waals surface area contributed by atoms with Gasteiger partial charge in [0.1, 0.15) is 0 Å². The number of carbonyl (C=O) groups excluding carboxylic acids is 1. The van der Waals surface area contributed by atoms with Gasteiger partial charge in [0.15, 0.2) is 0 Å². The molecular formula is C19H19F3N2O. The summed E-state index contributed by atoms with van der Waals surface area (Å²) in [5, 5.41) is 2.44. The lowest BCUT2D eigenvalue weighted by molar-refractivity contribution is -0.137. The second kappa shape index (κ2) is 6.88. The molecule has 1 heterocycles. The third-order valence-corrected chi connectivity index (χ3v) is 4.58. The predicted molar refractivity (Wildman–Crippen MR) is 90.1 cm³/mol. The largest absolute Gasteiger partial charge is 0.418 e. The fourth-order valence-electron chi connectivity index (χ4n) is 3.09. The molecule has 0 saturated carbocycles. The van der Waals surface area contributed by atoms with E-state index in [4.69, 9.17) is 0 Å². The molecule has 132 valence electrons. The van der Waals surface area contributed by atoms with Gasteiger partial charge < -0.3 is 5.32 Å². The minimum atomic E-state index is -4.50. The molecule has 0 spiro atoms. The second-order valence-electron chi connectivity index (χ2n) is 6.20. The van der Waals surface area contributed by atoms with E-state index < -0.39 is 23.7 Å². The van der Waals surface area contributed by atoms with E-state index >= 15 is 0 Å². The van der Waals surface area contributed by atoms with Crippen LogP contribution >= 0.6 is 0 Å². The number of amides is 1. The van der Waals surface area contributed by atoms with E-state index in [0.29, 0.717) is 13.1 Å². The molecule has 2 aromatic carbocycles. The number of benzene rings is 2. The van der Waals surface area contributed by atoms with Crippen molar-refractivity contribution >= 4 is 11.6 Å². The van der Waals surface area contributed by atoms with Gasteiger partial charge in [-0.1, -0.05) is 36.4 Å². The van der Waals surface area contributed by atoms with E-state index in [1.807, 2.05) is 23.1 Å². The predicted octanol–water partition coefficient (Wildman–Crippen LogP) is 4.09. The molecule has 0 unspecified atom stereocenters. The monoisotopic (exact) mass is 348 g/mol. The molecule has 0 aliphatic carbocycles. The van der Waals surface area contributed by atoms with Crippen molar-refractivity contribution in [1.29, 1.82) is 0 Å². The lowest BCUT2D eigenvalue weighted by Crippen LogP contribution is -2.44. The first-order valence-corrected chi connectivity index (χ1v) is 8.14. The van der Waals surface area contributed by atoms with Crippen LogP contribution in [0.4, 0.5) is 18.9 Å². The maximum atomic E-state index is 13.1. The van der Waals surface area contributed by atoms with Crippen molar-refractivity contribution in [1.82, 2.24) is 4.90 Å². The normalized spacial score (nSPS) is 16.2. The Balaban J connectivity index is 1.72. The van der Waals surface area contributed by atoms with Gasteiger partial charge in [-0.3, -0.25) is 9.69 Å². The zero-order chi connectivity index (χ0) is 18.0. The summed E-state index contributed by atoms with van der Waals surface area (Å²) in [5.41, 5.74) is 1.38. The summed E-state index contributed by atoms with van der Waals surface area (Å²) in [6.07, 6.45) is -3.68. The van der Waals surface area contributed by atoms with Crippen molar-refractivity contribution in [2.45, 2.75) is 32.1 Å². The summed E-state index contributed by atoms with van der Waals surface area (Å²) in [7, 11) is 0. The van der Waals surface area contributed by atoms with Gasteiger partial charge in [-0.15, -0.1) is 0 Å². The Kier molecular flexibility index (Phi) is 4.81. The number of halogens is 3. The maximum absolute atomic E-state index is 13.1. The van der Waals surface area contributed by atoms with Crippen LogP contribution in [0.2, 0.25) is 0 Å². The molecule has 25 heavy (non-hydrogen) atoms. The molecule has 1 N–H and O–H groups in total. The number of fused-ring (bicyclic) bond motifs is 1. The number of hydrogen-bond acceptors (Lipinski definition) is 2. The van der Waals surface area contributed by atoms with Gasteiger partial charge in [0.2, 0.25) is 5.91 Å². The molecule has 6 heteroatoms. The Hall–Kier alpha value is -2.34. The lowest BCUT2D eigenvalue weighted by Gasteiger charge is -2.33. The molecule has 1 atom stereocenters. The number of alkyl halides is 3. The van der Waals surface area contributed by atoms with Crippen molar-refractivity contribution in [3.63, 3.8) is 0 Å². The van der Waals surface area contributed by atoms with Gasteiger partial charge in [-0.05, 0) is 36.6 Å². The van der Waals surface area contributed by atoms with Crippen LogP contribution in [0.1, 0.15) is 23.6 Å². The van der Waals surface area contributed by atoms with Gasteiger partial charge in [-0.25, -0.2) is 0 Å². The average molecular weight is 348 g/mol. The van der Waals surface area contributed by atoms with Crippen molar-refractivity contribution in [3.8, 4) is 0 Å². The number of para-hydroxylation sites is 1. The van der Waals surface area contributed by atoms with Crippen LogP contribution in [-0.4, -0.2) is 23.4 Å². The number of rotatable bonds is 3. The van der Waals surface area contributed by atoms with Gasteiger partial charge in [0, 0.05) is 13.1 Å². The van der Waals surface area contributed by atoms with E-state index in [0.717, 1.165) is 18.1 Å². The van der Waals surface area contributed by atoms with Gasteiger partial charge in [-0.2, -0.15) is 13.2 Å². The molecule has 1 aliphatic heterocycles. The van der Waals surface area contributed by atoms with E-state index in [-0.39, 0.29) is 5.69 Å². The van der Waals surface area contributed by atoms with Crippen LogP contribution in [0.15, 0.2) is 48.5 Å². The molecule has 0 radical (unpaired) electrons. The SMILES string of the molecule is C[C@H](C(=O)Nc1ccccc1C(F)(F)F)N1CCc2ccccc2C1. The zero-order valence-corrected chi connectivity index (χ0v) is 13.8. The highest BCUT2D eigenvalue weighted by Crippen LogP contribution is 2.34. The van der Waals surface area contributed by atoms with Crippen LogP contribution in [-0.2, 0) is 23.9 Å². The third kappa shape index (κ3) is 3.85. The molecule has 3 rings (SSSR count). The first-order chi connectivity index (χ1) is 11.9. The van der Waals surface area contributed by atoms with E-state index in [1.165, 1.54) is 23.8 Å². The van der Waals surface area contributed by atoms with Crippen LogP contribution in [0.3, 0.4) is 0 Å². The zero-order valence-electron chi connectivity index (χ0n) is 13.8. The summed E-state index contributed by atoms with van der Waals surface area (Å²) in [5.74, 6) is -0.434. The fraction of sp³-hybridized carbons (Fsp3) is 0.316. The van der Waals surface area contributed by atoms with E-state index in [2.05, 4.69) is 11.4 Å². The maximum Gasteiger partial charge on any atom is 0.418 e. The van der Waals surface area contributed by atoms with Crippen LogP contribution in [0, 0.1) is 0 Å². The molecule has 0 saturated heterocycles. The van der Waals surface area contributed by atoms with Gasteiger partial charge in [0.05, 0.1) is 17.3 Å². The van der Waals surface area contributed by atoms with E-state index in [9.17, 15) is 18.0 Å². The van der Waals surface area contributed by atoms with Crippen molar-refractivity contribution in [2.75, 3.05) is 11.9 Å². The highest BCUT2D eigenvalue weighted by molar-refractivity contribution is 5.95. The van der Waals surface area contributed by atoms with Gasteiger partial charge >= 0.3 is 6.18 Å². The summed E-state index contributed by atoms with van der Waals surface area (Å²) in [6.45, 7) is 3.04. The minimum Gasteiger partial charge on any atom is -0.324 e. The number of nitrogens with one attached hydrogen (secondary N) is 1. The minimum absolute atomic E-state index is 0.204. The summed E-state index contributed by atoms with van der Waals surface area (Å²) < 4.78 is 39.2. The van der Waals surface area contributed by atoms with Crippen LogP contribution in [0.25, 0.3) is 0 Å². The fourth-order valence-corrected chi connectivity index (χ4v) is 3.09. The van der Waals surface area contributed by atoms with Crippen molar-refractivity contribution in [2.24, 2.45) is 0 Å². The number of anilines is 1.